The van der Waals surface area contributed by atoms with Crippen LogP contribution in [-0.4, -0.2) is 29.5 Å². The summed E-state index contributed by atoms with van der Waals surface area (Å²) in [7, 11) is 1.81. The summed E-state index contributed by atoms with van der Waals surface area (Å²) >= 11 is 0. The Morgan fingerprint density at radius 3 is 2.41 bits per heavy atom. The molecule has 0 aliphatic carbocycles. The Balaban J connectivity index is 2.89. The molecule has 0 bridgehead atoms. The number of aromatic hydroxyl groups is 1. The third-order valence-electron chi connectivity index (χ3n) is 2.50. The number of phenols is 1. The minimum absolute atomic E-state index is 0.00238. The summed E-state index contributed by atoms with van der Waals surface area (Å²) in [5.74, 6) is 0.190. The van der Waals surface area contributed by atoms with Gasteiger partial charge in [-0.3, -0.25) is 4.79 Å². The van der Waals surface area contributed by atoms with E-state index in [0.29, 0.717) is 12.1 Å². The molecule has 0 atom stereocenters. The van der Waals surface area contributed by atoms with Crippen LogP contribution in [0.3, 0.4) is 0 Å². The van der Waals surface area contributed by atoms with Gasteiger partial charge in [0.25, 0.3) is 5.91 Å². The Hall–Kier alpha value is -1.51. The van der Waals surface area contributed by atoms with Crippen LogP contribution in [0.5, 0.6) is 5.75 Å². The Labute approximate surface area is 103 Å². The van der Waals surface area contributed by atoms with Crippen LogP contribution < -0.4 is 0 Å². The van der Waals surface area contributed by atoms with Crippen molar-refractivity contribution < 1.29 is 9.90 Å². The van der Waals surface area contributed by atoms with Crippen molar-refractivity contribution in [3.8, 4) is 5.75 Å². The third kappa shape index (κ3) is 3.77. The lowest BCUT2D eigenvalue weighted by atomic mass is 9.95. The molecule has 0 heterocycles. The van der Waals surface area contributed by atoms with Crippen LogP contribution in [0.4, 0.5) is 0 Å². The van der Waals surface area contributed by atoms with Crippen LogP contribution in [-0.2, 0) is 0 Å². The average Bonchev–Trinajstić information content (AvgIpc) is 2.14. The van der Waals surface area contributed by atoms with E-state index < -0.39 is 0 Å². The SMILES string of the molecule is Cc1cc(O)ccc1C(=O)N(C)CC(C)(C)C. The zero-order valence-electron chi connectivity index (χ0n) is 11.2. The first-order chi connectivity index (χ1) is 7.70. The smallest absolute Gasteiger partial charge is 0.253 e. The first-order valence-electron chi connectivity index (χ1n) is 5.76. The molecule has 0 aliphatic heterocycles. The van der Waals surface area contributed by atoms with Gasteiger partial charge < -0.3 is 10.0 Å². The van der Waals surface area contributed by atoms with Crippen molar-refractivity contribution in [3.05, 3.63) is 29.3 Å². The molecular formula is C14H21NO2. The molecule has 3 nitrogen and oxygen atoms in total. The Kier molecular flexibility index (Phi) is 3.81. The number of carbonyl (C=O) groups excluding carboxylic acids is 1. The molecule has 0 saturated heterocycles. The molecule has 17 heavy (non-hydrogen) atoms. The number of hydrogen-bond acceptors (Lipinski definition) is 2. The largest absolute Gasteiger partial charge is 0.508 e. The van der Waals surface area contributed by atoms with Gasteiger partial charge in [-0.15, -0.1) is 0 Å². The summed E-state index contributed by atoms with van der Waals surface area (Å²) < 4.78 is 0. The van der Waals surface area contributed by atoms with E-state index in [1.807, 2.05) is 6.92 Å². The number of rotatable bonds is 2. The van der Waals surface area contributed by atoms with Gasteiger partial charge in [0, 0.05) is 19.2 Å². The van der Waals surface area contributed by atoms with Gasteiger partial charge in [-0.25, -0.2) is 0 Å². The lowest BCUT2D eigenvalue weighted by Gasteiger charge is -2.27. The standard InChI is InChI=1S/C14H21NO2/c1-10-8-11(16)6-7-12(10)13(17)15(5)9-14(2,3)4/h6-8,16H,9H2,1-5H3. The van der Waals surface area contributed by atoms with Crippen molar-refractivity contribution in [3.63, 3.8) is 0 Å². The van der Waals surface area contributed by atoms with Gasteiger partial charge in [-0.1, -0.05) is 20.8 Å². The molecule has 0 radical (unpaired) electrons. The maximum absolute atomic E-state index is 12.2. The van der Waals surface area contributed by atoms with E-state index in [1.165, 1.54) is 0 Å². The zero-order valence-corrected chi connectivity index (χ0v) is 11.2. The number of carbonyl (C=O) groups is 1. The molecule has 3 heteroatoms. The van der Waals surface area contributed by atoms with Gasteiger partial charge in [0.1, 0.15) is 5.75 Å². The predicted octanol–water partition coefficient (Wildman–Crippen LogP) is 2.82. The molecule has 1 amide bonds. The first kappa shape index (κ1) is 13.6. The molecule has 0 spiro atoms. The summed E-state index contributed by atoms with van der Waals surface area (Å²) in [5.41, 5.74) is 1.53. The molecule has 1 aromatic carbocycles. The van der Waals surface area contributed by atoms with Crippen molar-refractivity contribution in [2.45, 2.75) is 27.7 Å². The second-order valence-corrected chi connectivity index (χ2v) is 5.72. The van der Waals surface area contributed by atoms with Gasteiger partial charge in [-0.05, 0) is 36.1 Å². The number of aryl methyl sites for hydroxylation is 1. The topological polar surface area (TPSA) is 40.5 Å². The van der Waals surface area contributed by atoms with Crippen molar-refractivity contribution >= 4 is 5.91 Å². The minimum atomic E-state index is -0.00238. The normalized spacial score (nSPS) is 11.4. The summed E-state index contributed by atoms with van der Waals surface area (Å²) in [6.07, 6.45) is 0. The van der Waals surface area contributed by atoms with Crippen molar-refractivity contribution in [2.24, 2.45) is 5.41 Å². The number of nitrogens with zero attached hydrogens (tertiary/aromatic N) is 1. The summed E-state index contributed by atoms with van der Waals surface area (Å²) in [4.78, 5) is 13.9. The van der Waals surface area contributed by atoms with E-state index in [0.717, 1.165) is 5.56 Å². The van der Waals surface area contributed by atoms with E-state index in [1.54, 1.807) is 30.1 Å². The number of benzene rings is 1. The predicted molar refractivity (Wildman–Crippen MR) is 69.3 cm³/mol. The summed E-state index contributed by atoms with van der Waals surface area (Å²) in [6.45, 7) is 8.82. The highest BCUT2D eigenvalue weighted by Gasteiger charge is 2.19. The van der Waals surface area contributed by atoms with E-state index in [9.17, 15) is 9.90 Å². The number of phenolic OH excluding ortho intramolecular Hbond substituents is 1. The lowest BCUT2D eigenvalue weighted by molar-refractivity contribution is 0.0745. The van der Waals surface area contributed by atoms with E-state index in [2.05, 4.69) is 20.8 Å². The Bertz CT molecular complexity index is 419. The Morgan fingerprint density at radius 1 is 1.35 bits per heavy atom. The Morgan fingerprint density at radius 2 is 1.94 bits per heavy atom. The minimum Gasteiger partial charge on any atom is -0.508 e. The van der Waals surface area contributed by atoms with Crippen LogP contribution in [0.25, 0.3) is 0 Å². The molecule has 0 saturated carbocycles. The summed E-state index contributed by atoms with van der Waals surface area (Å²) in [5, 5.41) is 9.32. The van der Waals surface area contributed by atoms with Gasteiger partial charge >= 0.3 is 0 Å². The molecule has 0 aliphatic rings. The van der Waals surface area contributed by atoms with Gasteiger partial charge in [0.15, 0.2) is 0 Å². The van der Waals surface area contributed by atoms with E-state index in [4.69, 9.17) is 0 Å². The van der Waals surface area contributed by atoms with Crippen LogP contribution >= 0.6 is 0 Å². The van der Waals surface area contributed by atoms with Crippen LogP contribution in [0, 0.1) is 12.3 Å². The van der Waals surface area contributed by atoms with Crippen LogP contribution in [0.2, 0.25) is 0 Å². The zero-order chi connectivity index (χ0) is 13.2. The maximum atomic E-state index is 12.2. The second kappa shape index (κ2) is 4.78. The van der Waals surface area contributed by atoms with Crippen molar-refractivity contribution in [1.82, 2.24) is 4.90 Å². The first-order valence-corrected chi connectivity index (χ1v) is 5.76. The molecule has 1 rings (SSSR count). The maximum Gasteiger partial charge on any atom is 0.253 e. The molecular weight excluding hydrogens is 214 g/mol. The van der Waals surface area contributed by atoms with Crippen molar-refractivity contribution in [2.75, 3.05) is 13.6 Å². The van der Waals surface area contributed by atoms with E-state index in [-0.39, 0.29) is 17.1 Å². The van der Waals surface area contributed by atoms with Crippen LogP contribution in [0.15, 0.2) is 18.2 Å². The van der Waals surface area contributed by atoms with Gasteiger partial charge in [-0.2, -0.15) is 0 Å². The molecule has 0 fully saturated rings. The molecule has 0 unspecified atom stereocenters. The van der Waals surface area contributed by atoms with Gasteiger partial charge in [0.2, 0.25) is 0 Å². The van der Waals surface area contributed by atoms with Crippen molar-refractivity contribution in [1.29, 1.82) is 0 Å². The highest BCUT2D eigenvalue weighted by atomic mass is 16.3. The molecule has 1 N–H and O–H groups in total. The number of amides is 1. The monoisotopic (exact) mass is 235 g/mol. The quantitative estimate of drug-likeness (QED) is 0.856. The summed E-state index contributed by atoms with van der Waals surface area (Å²) in [6, 6.07) is 4.83. The highest BCUT2D eigenvalue weighted by Crippen LogP contribution is 2.19. The molecule has 0 aromatic heterocycles. The average molecular weight is 235 g/mol. The third-order valence-corrected chi connectivity index (χ3v) is 2.50. The molecule has 94 valence electrons. The highest BCUT2D eigenvalue weighted by molar-refractivity contribution is 5.95. The molecule has 1 aromatic rings. The van der Waals surface area contributed by atoms with Gasteiger partial charge in [0.05, 0.1) is 0 Å². The lowest BCUT2D eigenvalue weighted by Crippen LogP contribution is -2.34. The number of hydrogen-bond donors (Lipinski definition) is 1. The second-order valence-electron chi connectivity index (χ2n) is 5.72. The van der Waals surface area contributed by atoms with Crippen LogP contribution in [0.1, 0.15) is 36.7 Å². The fourth-order valence-corrected chi connectivity index (χ4v) is 1.88. The fraction of sp³-hybridized carbons (Fsp3) is 0.500. The fourth-order valence-electron chi connectivity index (χ4n) is 1.88. The van der Waals surface area contributed by atoms with E-state index >= 15 is 0 Å².